The zero-order valence-corrected chi connectivity index (χ0v) is 10.7. The minimum Gasteiger partial charge on any atom is -0.383 e. The van der Waals surface area contributed by atoms with Crippen molar-refractivity contribution in [3.63, 3.8) is 0 Å². The fourth-order valence-electron chi connectivity index (χ4n) is 1.97. The molecular formula is C12H26N2O2. The Morgan fingerprint density at radius 3 is 2.75 bits per heavy atom. The van der Waals surface area contributed by atoms with Gasteiger partial charge in [-0.25, -0.2) is 0 Å². The molecule has 1 aliphatic rings. The standard InChI is InChI=1S/C12H26N2O2/c1-12(5-3-9-16-12)11-14-7-4-6-13-8-10-15-2/h13-14H,3-11H2,1-2H3. The summed E-state index contributed by atoms with van der Waals surface area (Å²) in [5.41, 5.74) is 0.0868. The lowest BCUT2D eigenvalue weighted by Gasteiger charge is -2.23. The molecule has 4 heteroatoms. The molecule has 16 heavy (non-hydrogen) atoms. The van der Waals surface area contributed by atoms with Crippen molar-refractivity contribution < 1.29 is 9.47 Å². The molecule has 1 fully saturated rings. The predicted octanol–water partition coefficient (Wildman–Crippen LogP) is 0.771. The van der Waals surface area contributed by atoms with Crippen molar-refractivity contribution in [2.24, 2.45) is 0 Å². The van der Waals surface area contributed by atoms with E-state index < -0.39 is 0 Å². The highest BCUT2D eigenvalue weighted by Crippen LogP contribution is 2.23. The average Bonchev–Trinajstić information content (AvgIpc) is 2.70. The third-order valence-corrected chi connectivity index (χ3v) is 2.99. The maximum absolute atomic E-state index is 5.71. The second kappa shape index (κ2) is 8.01. The van der Waals surface area contributed by atoms with Crippen LogP contribution in [0.3, 0.4) is 0 Å². The van der Waals surface area contributed by atoms with Crippen LogP contribution in [-0.4, -0.2) is 52.1 Å². The molecule has 96 valence electrons. The van der Waals surface area contributed by atoms with Crippen molar-refractivity contribution in [3.05, 3.63) is 0 Å². The second-order valence-electron chi connectivity index (χ2n) is 4.68. The lowest BCUT2D eigenvalue weighted by molar-refractivity contribution is 0.0210. The number of hydrogen-bond donors (Lipinski definition) is 2. The van der Waals surface area contributed by atoms with E-state index in [-0.39, 0.29) is 5.60 Å². The maximum atomic E-state index is 5.71. The molecule has 1 saturated heterocycles. The summed E-state index contributed by atoms with van der Waals surface area (Å²) in [5.74, 6) is 0. The van der Waals surface area contributed by atoms with Gasteiger partial charge in [0.2, 0.25) is 0 Å². The molecule has 1 heterocycles. The summed E-state index contributed by atoms with van der Waals surface area (Å²) < 4.78 is 10.7. The third-order valence-electron chi connectivity index (χ3n) is 2.99. The van der Waals surface area contributed by atoms with E-state index in [1.807, 2.05) is 0 Å². The fraction of sp³-hybridized carbons (Fsp3) is 1.00. The van der Waals surface area contributed by atoms with Crippen molar-refractivity contribution in [2.45, 2.75) is 31.8 Å². The van der Waals surface area contributed by atoms with Crippen LogP contribution in [0.15, 0.2) is 0 Å². The maximum Gasteiger partial charge on any atom is 0.0779 e. The van der Waals surface area contributed by atoms with Gasteiger partial charge in [-0.3, -0.25) is 0 Å². The van der Waals surface area contributed by atoms with Crippen LogP contribution in [0.2, 0.25) is 0 Å². The van der Waals surface area contributed by atoms with Gasteiger partial charge in [0.15, 0.2) is 0 Å². The summed E-state index contributed by atoms with van der Waals surface area (Å²) in [6.07, 6.45) is 3.54. The first-order chi connectivity index (χ1) is 7.77. The van der Waals surface area contributed by atoms with Gasteiger partial charge >= 0.3 is 0 Å². The molecule has 0 aliphatic carbocycles. The molecule has 0 aromatic rings. The lowest BCUT2D eigenvalue weighted by Crippen LogP contribution is -2.38. The van der Waals surface area contributed by atoms with E-state index in [4.69, 9.17) is 9.47 Å². The molecule has 0 radical (unpaired) electrons. The Bertz CT molecular complexity index is 170. The number of hydrogen-bond acceptors (Lipinski definition) is 4. The van der Waals surface area contributed by atoms with Crippen LogP contribution in [0.1, 0.15) is 26.2 Å². The van der Waals surface area contributed by atoms with Crippen molar-refractivity contribution in [1.82, 2.24) is 10.6 Å². The van der Waals surface area contributed by atoms with Gasteiger partial charge in [-0.1, -0.05) is 0 Å². The normalized spacial score (nSPS) is 25.1. The Morgan fingerprint density at radius 1 is 1.25 bits per heavy atom. The van der Waals surface area contributed by atoms with Crippen LogP contribution >= 0.6 is 0 Å². The Kier molecular flexibility index (Phi) is 6.96. The summed E-state index contributed by atoms with van der Waals surface area (Å²) in [6, 6.07) is 0. The molecule has 0 aromatic carbocycles. The van der Waals surface area contributed by atoms with Gasteiger partial charge in [0, 0.05) is 26.8 Å². The predicted molar refractivity (Wildman–Crippen MR) is 65.8 cm³/mol. The zero-order valence-electron chi connectivity index (χ0n) is 10.7. The van der Waals surface area contributed by atoms with Crippen LogP contribution in [0.4, 0.5) is 0 Å². The summed E-state index contributed by atoms with van der Waals surface area (Å²) in [6.45, 7) is 7.94. The van der Waals surface area contributed by atoms with Gasteiger partial charge in [0.25, 0.3) is 0 Å². The first-order valence-electron chi connectivity index (χ1n) is 6.31. The summed E-state index contributed by atoms with van der Waals surface area (Å²) >= 11 is 0. The van der Waals surface area contributed by atoms with Crippen molar-refractivity contribution in [2.75, 3.05) is 46.5 Å². The monoisotopic (exact) mass is 230 g/mol. The molecule has 0 aromatic heterocycles. The molecule has 2 N–H and O–H groups in total. The van der Waals surface area contributed by atoms with Gasteiger partial charge in [0.05, 0.1) is 12.2 Å². The largest absolute Gasteiger partial charge is 0.383 e. The molecule has 0 amide bonds. The third kappa shape index (κ3) is 5.80. The SMILES string of the molecule is COCCNCCCNCC1(C)CCCO1. The van der Waals surface area contributed by atoms with Crippen molar-refractivity contribution >= 4 is 0 Å². The van der Waals surface area contributed by atoms with E-state index in [2.05, 4.69) is 17.6 Å². The van der Waals surface area contributed by atoms with E-state index in [0.29, 0.717) is 0 Å². The van der Waals surface area contributed by atoms with E-state index >= 15 is 0 Å². The van der Waals surface area contributed by atoms with Crippen LogP contribution in [0.25, 0.3) is 0 Å². The summed E-state index contributed by atoms with van der Waals surface area (Å²) in [5, 5.41) is 6.79. The zero-order chi connectivity index (χ0) is 11.7. The fourth-order valence-corrected chi connectivity index (χ4v) is 1.97. The minimum absolute atomic E-state index is 0.0868. The van der Waals surface area contributed by atoms with Gasteiger partial charge in [-0.15, -0.1) is 0 Å². The summed E-state index contributed by atoms with van der Waals surface area (Å²) in [7, 11) is 1.73. The van der Waals surface area contributed by atoms with E-state index in [0.717, 1.165) is 45.8 Å². The average molecular weight is 230 g/mol. The molecule has 0 bridgehead atoms. The number of rotatable bonds is 9. The van der Waals surface area contributed by atoms with Gasteiger partial charge in [0.1, 0.15) is 0 Å². The Labute approximate surface area is 99.1 Å². The minimum atomic E-state index is 0.0868. The van der Waals surface area contributed by atoms with E-state index in [1.54, 1.807) is 7.11 Å². The molecule has 0 saturated carbocycles. The number of nitrogens with one attached hydrogen (secondary N) is 2. The van der Waals surface area contributed by atoms with Gasteiger partial charge in [-0.05, 0) is 39.3 Å². The summed E-state index contributed by atoms with van der Waals surface area (Å²) in [4.78, 5) is 0. The smallest absolute Gasteiger partial charge is 0.0779 e. The molecule has 1 unspecified atom stereocenters. The first-order valence-corrected chi connectivity index (χ1v) is 6.31. The molecule has 4 nitrogen and oxygen atoms in total. The molecule has 1 rings (SSSR count). The highest BCUT2D eigenvalue weighted by molar-refractivity contribution is 4.82. The quantitative estimate of drug-likeness (QED) is 0.574. The van der Waals surface area contributed by atoms with Crippen molar-refractivity contribution in [1.29, 1.82) is 0 Å². The van der Waals surface area contributed by atoms with Crippen LogP contribution in [0.5, 0.6) is 0 Å². The van der Waals surface area contributed by atoms with Crippen LogP contribution in [-0.2, 0) is 9.47 Å². The Hall–Kier alpha value is -0.160. The highest BCUT2D eigenvalue weighted by atomic mass is 16.5. The highest BCUT2D eigenvalue weighted by Gasteiger charge is 2.28. The number of methoxy groups -OCH3 is 1. The Morgan fingerprint density at radius 2 is 2.06 bits per heavy atom. The number of ether oxygens (including phenoxy) is 2. The molecule has 1 atom stereocenters. The van der Waals surface area contributed by atoms with E-state index in [1.165, 1.54) is 12.8 Å². The van der Waals surface area contributed by atoms with Gasteiger partial charge in [-0.2, -0.15) is 0 Å². The molecule has 1 aliphatic heterocycles. The molecular weight excluding hydrogens is 204 g/mol. The Balaban J connectivity index is 1.84. The topological polar surface area (TPSA) is 42.5 Å². The second-order valence-corrected chi connectivity index (χ2v) is 4.68. The van der Waals surface area contributed by atoms with Gasteiger partial charge < -0.3 is 20.1 Å². The van der Waals surface area contributed by atoms with Crippen LogP contribution in [0, 0.1) is 0 Å². The van der Waals surface area contributed by atoms with E-state index in [9.17, 15) is 0 Å². The van der Waals surface area contributed by atoms with Crippen molar-refractivity contribution in [3.8, 4) is 0 Å². The molecule has 0 spiro atoms. The lowest BCUT2D eigenvalue weighted by atomic mass is 10.0. The van der Waals surface area contributed by atoms with Crippen LogP contribution < -0.4 is 10.6 Å². The first kappa shape index (κ1) is 13.9.